The normalized spacial score (nSPS) is 13.3. The topological polar surface area (TPSA) is 55.8 Å². The van der Waals surface area contributed by atoms with Crippen LogP contribution in [0.3, 0.4) is 0 Å². The molecule has 1 rings (SSSR count). The van der Waals surface area contributed by atoms with Crippen LogP contribution in [0.25, 0.3) is 6.08 Å². The fourth-order valence-electron chi connectivity index (χ4n) is 2.97. The third kappa shape index (κ3) is 10.3. The minimum Gasteiger partial charge on any atom is -0.388 e. The van der Waals surface area contributed by atoms with Crippen LogP contribution in [0.15, 0.2) is 30.3 Å². The summed E-state index contributed by atoms with van der Waals surface area (Å²) in [6.45, 7) is 6.67. The summed E-state index contributed by atoms with van der Waals surface area (Å²) in [5.74, 6) is 0. The molecule has 0 bridgehead atoms. The second-order valence-electron chi connectivity index (χ2n) is 6.75. The smallest absolute Gasteiger partial charge is 0.330 e. The van der Waals surface area contributed by atoms with Gasteiger partial charge in [0.15, 0.2) is 0 Å². The molecular formula is C22H37O4P. The lowest BCUT2D eigenvalue weighted by Crippen LogP contribution is -2.00. The molecule has 0 saturated heterocycles. The first-order valence-electron chi connectivity index (χ1n) is 10.4. The molecule has 0 aromatic heterocycles. The number of aliphatic hydroxyl groups is 1. The van der Waals surface area contributed by atoms with Gasteiger partial charge in [-0.3, -0.25) is 4.57 Å². The third-order valence-corrected chi connectivity index (χ3v) is 6.56. The molecule has 0 saturated carbocycles. The Bertz CT molecular complexity index is 575. The molecule has 1 aromatic rings. The lowest BCUT2D eigenvalue weighted by atomic mass is 10.0. The van der Waals surface area contributed by atoms with Crippen molar-refractivity contribution in [1.82, 2.24) is 0 Å². The summed E-state index contributed by atoms with van der Waals surface area (Å²) in [6, 6.07) is 8.11. The number of rotatable bonds is 15. The summed E-state index contributed by atoms with van der Waals surface area (Å²) in [5.41, 5.74) is 2.10. The highest BCUT2D eigenvalue weighted by Crippen LogP contribution is 2.48. The van der Waals surface area contributed by atoms with Gasteiger partial charge in [0.2, 0.25) is 0 Å². The maximum Gasteiger partial charge on any atom is 0.330 e. The largest absolute Gasteiger partial charge is 0.388 e. The van der Waals surface area contributed by atoms with Crippen LogP contribution >= 0.6 is 7.60 Å². The molecule has 0 heterocycles. The van der Waals surface area contributed by atoms with Crippen molar-refractivity contribution in [3.63, 3.8) is 0 Å². The van der Waals surface area contributed by atoms with Crippen LogP contribution in [0.2, 0.25) is 0 Å². The van der Waals surface area contributed by atoms with Gasteiger partial charge in [-0.25, -0.2) is 0 Å². The highest BCUT2D eigenvalue weighted by molar-refractivity contribution is 7.53. The fraction of sp³-hybridized carbons (Fsp3) is 0.636. The quantitative estimate of drug-likeness (QED) is 0.263. The van der Waals surface area contributed by atoms with Crippen molar-refractivity contribution in [3.05, 3.63) is 41.5 Å². The van der Waals surface area contributed by atoms with Gasteiger partial charge in [0.05, 0.1) is 25.5 Å². The Balaban J connectivity index is 2.40. The van der Waals surface area contributed by atoms with E-state index in [2.05, 4.69) is 31.2 Å². The molecule has 0 spiro atoms. The number of allylic oxidation sites excluding steroid dienone is 1. The van der Waals surface area contributed by atoms with Crippen molar-refractivity contribution < 1.29 is 18.7 Å². The van der Waals surface area contributed by atoms with Crippen molar-refractivity contribution in [2.45, 2.75) is 71.8 Å². The number of hydrogen-bond donors (Lipinski definition) is 1. The Morgan fingerprint density at radius 1 is 1.07 bits per heavy atom. The second kappa shape index (κ2) is 14.1. The van der Waals surface area contributed by atoms with E-state index in [9.17, 15) is 9.67 Å². The van der Waals surface area contributed by atoms with E-state index < -0.39 is 7.60 Å². The van der Waals surface area contributed by atoms with Gasteiger partial charge in [0.25, 0.3) is 0 Å². The number of benzene rings is 1. The van der Waals surface area contributed by atoms with Crippen LogP contribution in [0.1, 0.15) is 82.9 Å². The molecule has 154 valence electrons. The summed E-state index contributed by atoms with van der Waals surface area (Å²) in [7, 11) is -2.91. The maximum absolute atomic E-state index is 12.4. The molecule has 0 radical (unpaired) electrons. The van der Waals surface area contributed by atoms with E-state index >= 15 is 0 Å². The predicted molar refractivity (Wildman–Crippen MR) is 114 cm³/mol. The Morgan fingerprint density at radius 2 is 1.81 bits per heavy atom. The van der Waals surface area contributed by atoms with Crippen molar-refractivity contribution in [1.29, 1.82) is 0 Å². The summed E-state index contributed by atoms with van der Waals surface area (Å²) in [5, 5.41) is 10.3. The van der Waals surface area contributed by atoms with E-state index in [0.717, 1.165) is 49.7 Å². The van der Waals surface area contributed by atoms with Crippen LogP contribution in [0.5, 0.6) is 0 Å². The van der Waals surface area contributed by atoms with E-state index in [0.29, 0.717) is 19.4 Å². The molecule has 1 aromatic carbocycles. The van der Waals surface area contributed by atoms with E-state index in [1.54, 1.807) is 0 Å². The van der Waals surface area contributed by atoms with Gasteiger partial charge < -0.3 is 14.2 Å². The first-order valence-corrected chi connectivity index (χ1v) is 12.1. The van der Waals surface area contributed by atoms with Crippen molar-refractivity contribution in [2.24, 2.45) is 0 Å². The molecule has 0 aliphatic carbocycles. The summed E-state index contributed by atoms with van der Waals surface area (Å²) in [6.07, 6.45) is 11.2. The van der Waals surface area contributed by atoms with Crippen LogP contribution in [0.4, 0.5) is 0 Å². The lowest BCUT2D eigenvalue weighted by Gasteiger charge is -2.16. The van der Waals surface area contributed by atoms with Crippen LogP contribution < -0.4 is 0 Å². The zero-order valence-corrected chi connectivity index (χ0v) is 18.1. The highest BCUT2D eigenvalue weighted by Gasteiger charge is 2.22. The molecule has 0 aliphatic rings. The van der Waals surface area contributed by atoms with E-state index in [4.69, 9.17) is 9.05 Å². The van der Waals surface area contributed by atoms with Gasteiger partial charge >= 0.3 is 7.60 Å². The number of aliphatic hydroxyl groups excluding tert-OH is 1. The van der Waals surface area contributed by atoms with Crippen LogP contribution in [-0.2, 0) is 13.6 Å². The number of hydrogen-bond acceptors (Lipinski definition) is 4. The van der Waals surface area contributed by atoms with Crippen LogP contribution in [-0.4, -0.2) is 24.5 Å². The Labute approximate surface area is 165 Å². The molecule has 0 amide bonds. The molecular weight excluding hydrogens is 359 g/mol. The first-order chi connectivity index (χ1) is 13.0. The zero-order chi connectivity index (χ0) is 20.0. The molecule has 27 heavy (non-hydrogen) atoms. The van der Waals surface area contributed by atoms with Gasteiger partial charge in [-0.05, 0) is 56.7 Å². The van der Waals surface area contributed by atoms with Gasteiger partial charge in [0.1, 0.15) is 0 Å². The zero-order valence-electron chi connectivity index (χ0n) is 17.2. The lowest BCUT2D eigenvalue weighted by molar-refractivity contribution is 0.163. The standard InChI is InChI=1S/C22H37O4P/c1-4-7-10-17-22(23)21-16-13-15-20(19-21)14-11-8-9-12-18-27(24,25-5-2)26-6-3/h11,13-16,19,22-23H,4-10,12,17-18H2,1-3H3/b14-11-. The summed E-state index contributed by atoms with van der Waals surface area (Å²) >= 11 is 0. The number of unbranched alkanes of at least 4 members (excludes halogenated alkanes) is 4. The van der Waals surface area contributed by atoms with Gasteiger partial charge in [-0.15, -0.1) is 0 Å². The molecule has 0 fully saturated rings. The van der Waals surface area contributed by atoms with Gasteiger partial charge in [0, 0.05) is 0 Å². The minimum absolute atomic E-state index is 0.379. The molecule has 1 unspecified atom stereocenters. The molecule has 1 N–H and O–H groups in total. The average Bonchev–Trinajstić information content (AvgIpc) is 2.65. The van der Waals surface area contributed by atoms with E-state index in [1.165, 1.54) is 6.42 Å². The Morgan fingerprint density at radius 3 is 2.48 bits per heavy atom. The highest BCUT2D eigenvalue weighted by atomic mass is 31.2. The van der Waals surface area contributed by atoms with Gasteiger partial charge in [-0.2, -0.15) is 0 Å². The van der Waals surface area contributed by atoms with E-state index in [1.807, 2.05) is 26.0 Å². The van der Waals surface area contributed by atoms with Crippen molar-refractivity contribution in [3.8, 4) is 0 Å². The monoisotopic (exact) mass is 396 g/mol. The predicted octanol–water partition coefficient (Wildman–Crippen LogP) is 6.75. The van der Waals surface area contributed by atoms with Crippen LogP contribution in [0, 0.1) is 0 Å². The molecule has 0 aliphatic heterocycles. The second-order valence-corrected chi connectivity index (χ2v) is 8.94. The first kappa shape index (κ1) is 24.1. The summed E-state index contributed by atoms with van der Waals surface area (Å²) < 4.78 is 23.0. The Hall–Kier alpha value is -0.930. The third-order valence-electron chi connectivity index (χ3n) is 4.39. The Kier molecular flexibility index (Phi) is 12.6. The van der Waals surface area contributed by atoms with Crippen molar-refractivity contribution >= 4 is 13.7 Å². The SMILES string of the molecule is CCCCCC(O)c1cccc(/C=C\CCCCP(=O)(OCC)OCC)c1. The minimum atomic E-state index is -2.91. The fourth-order valence-corrected chi connectivity index (χ4v) is 4.70. The van der Waals surface area contributed by atoms with Crippen molar-refractivity contribution in [2.75, 3.05) is 19.4 Å². The molecule has 1 atom stereocenters. The summed E-state index contributed by atoms with van der Waals surface area (Å²) in [4.78, 5) is 0. The maximum atomic E-state index is 12.4. The van der Waals surface area contributed by atoms with E-state index in [-0.39, 0.29) is 6.10 Å². The molecule has 5 heteroatoms. The molecule has 4 nitrogen and oxygen atoms in total. The average molecular weight is 397 g/mol. The van der Waals surface area contributed by atoms with Gasteiger partial charge in [-0.1, -0.05) is 56.5 Å².